The van der Waals surface area contributed by atoms with Crippen LogP contribution in [0.4, 0.5) is 0 Å². The molecule has 0 unspecified atom stereocenters. The average molecular weight is 351 g/mol. The lowest BCUT2D eigenvalue weighted by atomic mass is 10.1. The van der Waals surface area contributed by atoms with E-state index in [2.05, 4.69) is 16.4 Å². The van der Waals surface area contributed by atoms with Gasteiger partial charge in [0, 0.05) is 11.7 Å². The van der Waals surface area contributed by atoms with Crippen molar-refractivity contribution < 1.29 is 4.79 Å². The van der Waals surface area contributed by atoms with Crippen molar-refractivity contribution in [3.05, 3.63) is 58.3 Å². The predicted molar refractivity (Wildman–Crippen MR) is 99.4 cm³/mol. The molecule has 1 fully saturated rings. The molecule has 5 heteroatoms. The van der Waals surface area contributed by atoms with Crippen molar-refractivity contribution in [2.24, 2.45) is 0 Å². The molecule has 1 aliphatic rings. The lowest BCUT2D eigenvalue weighted by Gasteiger charge is -2.18. The number of benzene rings is 1. The van der Waals surface area contributed by atoms with Crippen LogP contribution in [0.1, 0.15) is 46.0 Å². The first-order valence-electron chi connectivity index (χ1n) is 8.41. The molecule has 0 radical (unpaired) electrons. The maximum absolute atomic E-state index is 12.8. The van der Waals surface area contributed by atoms with Crippen LogP contribution in [0.2, 0.25) is 0 Å². The van der Waals surface area contributed by atoms with Crippen molar-refractivity contribution in [3.8, 4) is 6.07 Å². The number of aromatic nitrogens is 1. The van der Waals surface area contributed by atoms with Crippen molar-refractivity contribution in [2.75, 3.05) is 0 Å². The standard InChI is InChI=1S/C20H21N3OS/c1-12-13(2)17(11-21)20(22-14(12)3)25-18(15-7-5-4-6-8-15)19(24)23-16-9-10-16/h4-8,16,18H,9-10H2,1-3H3,(H,23,24)/t18-/m0/s1. The Morgan fingerprint density at radius 2 is 1.92 bits per heavy atom. The van der Waals surface area contributed by atoms with Gasteiger partial charge in [0.25, 0.3) is 0 Å². The minimum absolute atomic E-state index is 0.0136. The Bertz CT molecular complexity index is 838. The fourth-order valence-corrected chi connectivity index (χ4v) is 3.84. The second kappa shape index (κ2) is 7.28. The Labute approximate surface area is 152 Å². The molecular weight excluding hydrogens is 330 g/mol. The van der Waals surface area contributed by atoms with Crippen LogP contribution in [0.15, 0.2) is 35.4 Å². The van der Waals surface area contributed by atoms with E-state index in [9.17, 15) is 10.1 Å². The van der Waals surface area contributed by atoms with Gasteiger partial charge in [-0.05, 0) is 50.3 Å². The van der Waals surface area contributed by atoms with Crippen LogP contribution in [0, 0.1) is 32.1 Å². The molecule has 0 saturated heterocycles. The molecule has 2 aromatic rings. The Kier molecular flexibility index (Phi) is 5.10. The van der Waals surface area contributed by atoms with Gasteiger partial charge in [-0.15, -0.1) is 0 Å². The topological polar surface area (TPSA) is 65.8 Å². The van der Waals surface area contributed by atoms with Gasteiger partial charge in [-0.2, -0.15) is 5.26 Å². The van der Waals surface area contributed by atoms with E-state index in [0.29, 0.717) is 16.6 Å². The van der Waals surface area contributed by atoms with Gasteiger partial charge in [0.15, 0.2) is 0 Å². The highest BCUT2D eigenvalue weighted by atomic mass is 32.2. The van der Waals surface area contributed by atoms with E-state index in [1.165, 1.54) is 11.8 Å². The average Bonchev–Trinajstić information content (AvgIpc) is 3.42. The molecule has 1 atom stereocenters. The number of pyridine rings is 1. The molecule has 1 N–H and O–H groups in total. The van der Waals surface area contributed by atoms with Crippen molar-refractivity contribution in [3.63, 3.8) is 0 Å². The van der Waals surface area contributed by atoms with Gasteiger partial charge in [-0.25, -0.2) is 4.98 Å². The number of carbonyl (C=O) groups excluding carboxylic acids is 1. The summed E-state index contributed by atoms with van der Waals surface area (Å²) in [6.07, 6.45) is 2.09. The minimum atomic E-state index is -0.414. The summed E-state index contributed by atoms with van der Waals surface area (Å²) in [6, 6.07) is 12.2. The molecule has 3 rings (SSSR count). The Balaban J connectivity index is 1.98. The smallest absolute Gasteiger partial charge is 0.238 e. The number of carbonyl (C=O) groups is 1. The lowest BCUT2D eigenvalue weighted by molar-refractivity contribution is -0.120. The fourth-order valence-electron chi connectivity index (χ4n) is 2.65. The molecule has 0 bridgehead atoms. The summed E-state index contributed by atoms with van der Waals surface area (Å²) in [4.78, 5) is 17.4. The molecule has 1 heterocycles. The predicted octanol–water partition coefficient (Wildman–Crippen LogP) is 3.99. The van der Waals surface area contributed by atoms with E-state index >= 15 is 0 Å². The zero-order valence-electron chi connectivity index (χ0n) is 14.7. The van der Waals surface area contributed by atoms with Crippen molar-refractivity contribution in [1.29, 1.82) is 5.26 Å². The zero-order chi connectivity index (χ0) is 18.0. The first-order chi connectivity index (χ1) is 12.0. The summed E-state index contributed by atoms with van der Waals surface area (Å²) in [5.41, 5.74) is 4.35. The first kappa shape index (κ1) is 17.5. The second-order valence-corrected chi connectivity index (χ2v) is 7.52. The summed E-state index contributed by atoms with van der Waals surface area (Å²) >= 11 is 1.36. The highest BCUT2D eigenvalue weighted by Gasteiger charge is 2.30. The number of amides is 1. The Morgan fingerprint density at radius 1 is 1.24 bits per heavy atom. The maximum Gasteiger partial charge on any atom is 0.238 e. The number of hydrogen-bond acceptors (Lipinski definition) is 4. The minimum Gasteiger partial charge on any atom is -0.352 e. The molecule has 1 saturated carbocycles. The molecule has 128 valence electrons. The third kappa shape index (κ3) is 3.85. The number of hydrogen-bond donors (Lipinski definition) is 1. The highest BCUT2D eigenvalue weighted by Crippen LogP contribution is 2.38. The lowest BCUT2D eigenvalue weighted by Crippen LogP contribution is -2.29. The van der Waals surface area contributed by atoms with Gasteiger partial charge in [-0.3, -0.25) is 4.79 Å². The molecule has 4 nitrogen and oxygen atoms in total. The summed E-state index contributed by atoms with van der Waals surface area (Å²) in [6.45, 7) is 5.85. The summed E-state index contributed by atoms with van der Waals surface area (Å²) < 4.78 is 0. The number of aryl methyl sites for hydroxylation is 1. The van der Waals surface area contributed by atoms with E-state index in [-0.39, 0.29) is 5.91 Å². The van der Waals surface area contributed by atoms with Crippen LogP contribution in [0.3, 0.4) is 0 Å². The van der Waals surface area contributed by atoms with E-state index in [0.717, 1.165) is 35.2 Å². The van der Waals surface area contributed by atoms with Gasteiger partial charge in [0.05, 0.1) is 5.56 Å². The van der Waals surface area contributed by atoms with Gasteiger partial charge in [0.1, 0.15) is 16.3 Å². The molecule has 0 spiro atoms. The Hall–Kier alpha value is -2.32. The third-order valence-corrected chi connectivity index (χ3v) is 5.81. The summed E-state index contributed by atoms with van der Waals surface area (Å²) in [5.74, 6) is -0.0136. The molecule has 25 heavy (non-hydrogen) atoms. The zero-order valence-corrected chi connectivity index (χ0v) is 15.5. The van der Waals surface area contributed by atoms with Crippen LogP contribution in [0.5, 0.6) is 0 Å². The quantitative estimate of drug-likeness (QED) is 0.827. The van der Waals surface area contributed by atoms with E-state index in [4.69, 9.17) is 0 Å². The molecule has 1 aromatic heterocycles. The van der Waals surface area contributed by atoms with Crippen LogP contribution in [0.25, 0.3) is 0 Å². The van der Waals surface area contributed by atoms with Crippen LogP contribution in [-0.2, 0) is 4.79 Å². The van der Waals surface area contributed by atoms with Crippen molar-refractivity contribution in [2.45, 2.75) is 49.9 Å². The molecule has 1 aromatic carbocycles. The number of rotatable bonds is 5. The molecule has 0 aliphatic heterocycles. The van der Waals surface area contributed by atoms with Crippen molar-refractivity contribution >= 4 is 17.7 Å². The van der Waals surface area contributed by atoms with Crippen LogP contribution >= 0.6 is 11.8 Å². The van der Waals surface area contributed by atoms with E-state index < -0.39 is 5.25 Å². The monoisotopic (exact) mass is 351 g/mol. The van der Waals surface area contributed by atoms with Gasteiger partial charge >= 0.3 is 0 Å². The van der Waals surface area contributed by atoms with E-state index in [1.54, 1.807) is 0 Å². The fraction of sp³-hybridized carbons (Fsp3) is 0.350. The number of nitrogens with one attached hydrogen (secondary N) is 1. The normalized spacial score (nSPS) is 14.6. The number of thioether (sulfide) groups is 1. The number of nitriles is 1. The van der Waals surface area contributed by atoms with E-state index in [1.807, 2.05) is 51.1 Å². The van der Waals surface area contributed by atoms with Gasteiger partial charge in [-0.1, -0.05) is 42.1 Å². The van der Waals surface area contributed by atoms with Gasteiger partial charge in [0.2, 0.25) is 5.91 Å². The number of nitrogens with zero attached hydrogens (tertiary/aromatic N) is 2. The van der Waals surface area contributed by atoms with Crippen LogP contribution < -0.4 is 5.32 Å². The second-order valence-electron chi connectivity index (χ2n) is 6.43. The van der Waals surface area contributed by atoms with Gasteiger partial charge < -0.3 is 5.32 Å². The largest absolute Gasteiger partial charge is 0.352 e. The summed E-state index contributed by atoms with van der Waals surface area (Å²) in [5, 5.41) is 12.9. The maximum atomic E-state index is 12.8. The molecule has 1 amide bonds. The first-order valence-corrected chi connectivity index (χ1v) is 9.29. The molecule has 1 aliphatic carbocycles. The SMILES string of the molecule is Cc1nc(S[C@H](C(=O)NC2CC2)c2ccccc2)c(C#N)c(C)c1C. The Morgan fingerprint density at radius 3 is 2.52 bits per heavy atom. The highest BCUT2D eigenvalue weighted by molar-refractivity contribution is 8.00. The van der Waals surface area contributed by atoms with Crippen LogP contribution in [-0.4, -0.2) is 16.9 Å². The third-order valence-electron chi connectivity index (χ3n) is 4.57. The molecular formula is C20H21N3OS. The summed E-state index contributed by atoms with van der Waals surface area (Å²) in [7, 11) is 0. The van der Waals surface area contributed by atoms with Crippen molar-refractivity contribution in [1.82, 2.24) is 10.3 Å².